The van der Waals surface area contributed by atoms with Crippen molar-refractivity contribution in [3.63, 3.8) is 0 Å². The fourth-order valence-corrected chi connectivity index (χ4v) is 4.32. The van der Waals surface area contributed by atoms with E-state index in [0.29, 0.717) is 42.2 Å². The van der Waals surface area contributed by atoms with Crippen LogP contribution in [0.25, 0.3) is 16.5 Å². The van der Waals surface area contributed by atoms with Crippen LogP contribution in [0, 0.1) is 0 Å². The zero-order valence-electron chi connectivity index (χ0n) is 19.0. The number of carbonyl (C=O) groups excluding carboxylic acids is 2. The van der Waals surface area contributed by atoms with Crippen molar-refractivity contribution >= 4 is 28.2 Å². The molecule has 0 radical (unpaired) electrons. The molecule has 3 aromatic rings. The number of hydrogen-bond acceptors (Lipinski definition) is 5. The number of likely N-dealkylation sites (tertiary alicyclic amines) is 1. The molecule has 6 heteroatoms. The lowest BCUT2D eigenvalue weighted by atomic mass is 9.94. The van der Waals surface area contributed by atoms with Crippen LogP contribution in [0.4, 0.5) is 0 Å². The Balaban J connectivity index is 1.88. The van der Waals surface area contributed by atoms with Gasteiger partial charge < -0.3 is 19.5 Å². The molecule has 1 atom stereocenters. The molecule has 33 heavy (non-hydrogen) atoms. The molecule has 3 aromatic carbocycles. The summed E-state index contributed by atoms with van der Waals surface area (Å²) in [5.74, 6) is -0.410. The number of fused-ring (bicyclic) bond motifs is 1. The molecule has 1 aliphatic rings. The molecule has 1 N–H and O–H groups in total. The molecule has 4 rings (SSSR count). The number of aliphatic hydroxyl groups excluding tert-OH is 1. The first-order chi connectivity index (χ1) is 16.0. The van der Waals surface area contributed by atoms with Crippen LogP contribution in [-0.4, -0.2) is 42.0 Å². The molecule has 1 saturated heterocycles. The van der Waals surface area contributed by atoms with Crippen LogP contribution >= 0.6 is 0 Å². The van der Waals surface area contributed by atoms with Crippen LogP contribution in [0.3, 0.4) is 0 Å². The van der Waals surface area contributed by atoms with Crippen molar-refractivity contribution in [1.29, 1.82) is 0 Å². The van der Waals surface area contributed by atoms with Crippen LogP contribution in [0.15, 0.2) is 66.2 Å². The lowest BCUT2D eigenvalue weighted by Crippen LogP contribution is -2.30. The predicted molar refractivity (Wildman–Crippen MR) is 127 cm³/mol. The lowest BCUT2D eigenvalue weighted by molar-refractivity contribution is -0.139. The van der Waals surface area contributed by atoms with Crippen LogP contribution in [-0.2, 0) is 9.59 Å². The van der Waals surface area contributed by atoms with Gasteiger partial charge in [0.1, 0.15) is 5.76 Å². The topological polar surface area (TPSA) is 76.1 Å². The van der Waals surface area contributed by atoms with E-state index in [1.807, 2.05) is 50.2 Å². The second-order valence-electron chi connectivity index (χ2n) is 7.90. The average Bonchev–Trinajstić information content (AvgIpc) is 3.09. The van der Waals surface area contributed by atoms with Crippen LogP contribution < -0.4 is 9.47 Å². The number of benzene rings is 3. The third-order valence-corrected chi connectivity index (χ3v) is 5.83. The Morgan fingerprint density at radius 3 is 2.42 bits per heavy atom. The summed E-state index contributed by atoms with van der Waals surface area (Å²) < 4.78 is 11.1. The van der Waals surface area contributed by atoms with Crippen LogP contribution in [0.1, 0.15) is 37.4 Å². The van der Waals surface area contributed by atoms with E-state index < -0.39 is 17.7 Å². The van der Waals surface area contributed by atoms with Gasteiger partial charge in [0, 0.05) is 12.1 Å². The fourth-order valence-electron chi connectivity index (χ4n) is 4.32. The molecular weight excluding hydrogens is 418 g/mol. The van der Waals surface area contributed by atoms with Crippen molar-refractivity contribution < 1.29 is 24.2 Å². The molecule has 0 spiro atoms. The number of rotatable bonds is 7. The normalized spacial score (nSPS) is 17.5. The van der Waals surface area contributed by atoms with Crippen LogP contribution in [0.5, 0.6) is 11.5 Å². The third-order valence-electron chi connectivity index (χ3n) is 5.83. The zero-order valence-corrected chi connectivity index (χ0v) is 19.0. The van der Waals surface area contributed by atoms with E-state index >= 15 is 0 Å². The third kappa shape index (κ3) is 4.04. The van der Waals surface area contributed by atoms with Gasteiger partial charge in [-0.2, -0.15) is 0 Å². The summed E-state index contributed by atoms with van der Waals surface area (Å²) in [4.78, 5) is 27.6. The maximum Gasteiger partial charge on any atom is 0.295 e. The van der Waals surface area contributed by atoms with Crippen molar-refractivity contribution in [2.45, 2.75) is 26.3 Å². The minimum atomic E-state index is -0.721. The highest BCUT2D eigenvalue weighted by molar-refractivity contribution is 6.46. The molecule has 6 nitrogen and oxygen atoms in total. The number of ketones is 1. The van der Waals surface area contributed by atoms with Gasteiger partial charge in [0.25, 0.3) is 11.7 Å². The second-order valence-corrected chi connectivity index (χ2v) is 7.90. The van der Waals surface area contributed by atoms with Gasteiger partial charge >= 0.3 is 0 Å². The van der Waals surface area contributed by atoms with Gasteiger partial charge in [-0.25, -0.2) is 0 Å². The van der Waals surface area contributed by atoms with E-state index in [1.54, 1.807) is 31.4 Å². The Morgan fingerprint density at radius 1 is 0.970 bits per heavy atom. The number of Topliss-reactive ketones (excluding diaryl/α,β-unsaturated/α-hetero) is 1. The summed E-state index contributed by atoms with van der Waals surface area (Å²) in [7, 11) is 1.54. The predicted octanol–water partition coefficient (Wildman–Crippen LogP) is 5.08. The maximum atomic E-state index is 13.1. The molecule has 1 unspecified atom stereocenters. The van der Waals surface area contributed by atoms with Gasteiger partial charge in [-0.05, 0) is 47.9 Å². The zero-order chi connectivity index (χ0) is 23.5. The Morgan fingerprint density at radius 2 is 1.73 bits per heavy atom. The number of methoxy groups -OCH3 is 1. The first-order valence-electron chi connectivity index (χ1n) is 11.1. The summed E-state index contributed by atoms with van der Waals surface area (Å²) in [6.45, 7) is 4.69. The molecule has 0 bridgehead atoms. The minimum Gasteiger partial charge on any atom is -0.507 e. The second kappa shape index (κ2) is 9.36. The number of hydrogen-bond donors (Lipinski definition) is 1. The monoisotopic (exact) mass is 445 g/mol. The maximum absolute atomic E-state index is 13.1. The summed E-state index contributed by atoms with van der Waals surface area (Å²) in [5.41, 5.74) is 1.24. The van der Waals surface area contributed by atoms with E-state index in [9.17, 15) is 14.7 Å². The summed E-state index contributed by atoms with van der Waals surface area (Å²) in [5, 5.41) is 13.2. The highest BCUT2D eigenvalue weighted by Crippen LogP contribution is 2.42. The Labute approximate surface area is 193 Å². The van der Waals surface area contributed by atoms with Crippen molar-refractivity contribution in [2.75, 3.05) is 20.3 Å². The Hall–Kier alpha value is -3.80. The van der Waals surface area contributed by atoms with Gasteiger partial charge in [-0.15, -0.1) is 0 Å². The van der Waals surface area contributed by atoms with E-state index in [4.69, 9.17) is 9.47 Å². The molecular formula is C27H27NO5. The highest BCUT2D eigenvalue weighted by Gasteiger charge is 2.45. The van der Waals surface area contributed by atoms with E-state index in [2.05, 4.69) is 0 Å². The highest BCUT2D eigenvalue weighted by atomic mass is 16.5. The number of aliphatic hydroxyl groups is 1. The number of ether oxygens (including phenoxy) is 2. The van der Waals surface area contributed by atoms with Gasteiger partial charge in [-0.3, -0.25) is 9.59 Å². The smallest absolute Gasteiger partial charge is 0.295 e. The van der Waals surface area contributed by atoms with E-state index in [1.165, 1.54) is 4.90 Å². The van der Waals surface area contributed by atoms with Crippen molar-refractivity contribution in [3.05, 3.63) is 77.4 Å². The largest absolute Gasteiger partial charge is 0.507 e. The molecule has 1 fully saturated rings. The first kappa shape index (κ1) is 22.4. The molecule has 0 saturated carbocycles. The Bertz CT molecular complexity index is 1250. The minimum absolute atomic E-state index is 0.0787. The fraction of sp³-hybridized carbons (Fsp3) is 0.259. The molecule has 0 aliphatic carbocycles. The SMILES string of the molecule is CCCN1C(=O)C(=O)/C(=C(/O)c2ccc3ccccc3c2)C1c1ccc(OCC)c(OC)c1. The van der Waals surface area contributed by atoms with Gasteiger partial charge in [0.05, 0.1) is 25.3 Å². The molecule has 1 amide bonds. The van der Waals surface area contributed by atoms with Crippen LogP contribution in [0.2, 0.25) is 0 Å². The summed E-state index contributed by atoms with van der Waals surface area (Å²) in [6.07, 6.45) is 0.674. The number of nitrogens with zero attached hydrogens (tertiary/aromatic N) is 1. The first-order valence-corrected chi connectivity index (χ1v) is 11.1. The summed E-state index contributed by atoms with van der Waals surface area (Å²) in [6, 6.07) is 17.9. The number of amides is 1. The average molecular weight is 446 g/mol. The van der Waals surface area contributed by atoms with Crippen molar-refractivity contribution in [3.8, 4) is 11.5 Å². The Kier molecular flexibility index (Phi) is 6.36. The van der Waals surface area contributed by atoms with Gasteiger partial charge in [-0.1, -0.05) is 49.4 Å². The lowest BCUT2D eigenvalue weighted by Gasteiger charge is -2.25. The molecule has 1 aliphatic heterocycles. The number of carbonyl (C=O) groups is 2. The van der Waals surface area contributed by atoms with E-state index in [0.717, 1.165) is 10.8 Å². The quantitative estimate of drug-likeness (QED) is 0.312. The summed E-state index contributed by atoms with van der Waals surface area (Å²) >= 11 is 0. The van der Waals surface area contributed by atoms with E-state index in [-0.39, 0.29) is 11.3 Å². The molecule has 170 valence electrons. The van der Waals surface area contributed by atoms with Crippen molar-refractivity contribution in [1.82, 2.24) is 4.90 Å². The van der Waals surface area contributed by atoms with Gasteiger partial charge in [0.15, 0.2) is 11.5 Å². The molecule has 1 heterocycles. The standard InChI is InChI=1S/C27H27NO5/c1-4-14-28-24(19-12-13-21(33-5-2)22(16-19)32-3)23(26(30)27(28)31)25(29)20-11-10-17-8-6-7-9-18(17)15-20/h6-13,15-16,24,29H,4-5,14H2,1-3H3/b25-23+. The van der Waals surface area contributed by atoms with Gasteiger partial charge in [0.2, 0.25) is 0 Å². The molecule has 0 aromatic heterocycles. The van der Waals surface area contributed by atoms with Crippen molar-refractivity contribution in [2.24, 2.45) is 0 Å².